The van der Waals surface area contributed by atoms with Crippen LogP contribution in [0, 0.1) is 23.7 Å². The van der Waals surface area contributed by atoms with Crippen LogP contribution in [0.5, 0.6) is 0 Å². The third kappa shape index (κ3) is 10.3. The molecular weight excluding hydrogens is 320 g/mol. The first-order chi connectivity index (χ1) is 12.8. The van der Waals surface area contributed by atoms with Gasteiger partial charge in [-0.25, -0.2) is 0 Å². The fourth-order valence-corrected chi connectivity index (χ4v) is 4.70. The summed E-state index contributed by atoms with van der Waals surface area (Å²) in [6, 6.07) is 0. The van der Waals surface area contributed by atoms with Crippen molar-refractivity contribution in [2.75, 3.05) is 27.4 Å². The van der Waals surface area contributed by atoms with Gasteiger partial charge in [-0.3, -0.25) is 0 Å². The third-order valence-corrected chi connectivity index (χ3v) is 6.74. The lowest BCUT2D eigenvalue weighted by Gasteiger charge is -2.14. The van der Waals surface area contributed by atoms with Gasteiger partial charge in [0.25, 0.3) is 0 Å². The Hall–Kier alpha value is -0.0800. The zero-order valence-corrected chi connectivity index (χ0v) is 17.9. The van der Waals surface area contributed by atoms with Crippen molar-refractivity contribution in [1.29, 1.82) is 0 Å². The van der Waals surface area contributed by atoms with Crippen LogP contribution < -0.4 is 0 Å². The highest BCUT2D eigenvalue weighted by molar-refractivity contribution is 4.81. The number of unbranched alkanes of at least 4 members (excludes halogenated alkanes) is 9. The Morgan fingerprint density at radius 2 is 0.846 bits per heavy atom. The maximum absolute atomic E-state index is 5.39. The molecule has 2 aliphatic carbocycles. The van der Waals surface area contributed by atoms with E-state index in [1.807, 2.05) is 14.2 Å². The zero-order chi connectivity index (χ0) is 18.5. The summed E-state index contributed by atoms with van der Waals surface area (Å²) < 4.78 is 10.8. The minimum atomic E-state index is 0.864. The van der Waals surface area contributed by atoms with Gasteiger partial charge in [0.15, 0.2) is 0 Å². The molecule has 2 aliphatic rings. The molecule has 2 fully saturated rings. The molecule has 2 saturated carbocycles. The van der Waals surface area contributed by atoms with Crippen LogP contribution in [0.3, 0.4) is 0 Å². The summed E-state index contributed by atoms with van der Waals surface area (Å²) in [4.78, 5) is 0. The van der Waals surface area contributed by atoms with Gasteiger partial charge in [-0.2, -0.15) is 0 Å². The van der Waals surface area contributed by atoms with Crippen LogP contribution in [0.2, 0.25) is 0 Å². The van der Waals surface area contributed by atoms with Crippen molar-refractivity contribution in [1.82, 2.24) is 0 Å². The molecule has 0 aliphatic heterocycles. The third-order valence-electron chi connectivity index (χ3n) is 6.74. The van der Waals surface area contributed by atoms with Crippen molar-refractivity contribution < 1.29 is 9.47 Å². The average molecular weight is 367 g/mol. The number of methoxy groups -OCH3 is 2. The predicted molar refractivity (Wildman–Crippen MR) is 112 cm³/mol. The number of ether oxygens (including phenoxy) is 2. The van der Waals surface area contributed by atoms with Gasteiger partial charge in [0.1, 0.15) is 0 Å². The van der Waals surface area contributed by atoms with Crippen LogP contribution >= 0.6 is 0 Å². The number of hydrogen-bond donors (Lipinski definition) is 0. The molecule has 2 atom stereocenters. The average Bonchev–Trinajstić information content (AvgIpc) is 3.53. The maximum Gasteiger partial charge on any atom is 0.0493 e. The molecule has 0 N–H and O–H groups in total. The van der Waals surface area contributed by atoms with Gasteiger partial charge < -0.3 is 9.47 Å². The lowest BCUT2D eigenvalue weighted by molar-refractivity contribution is 0.135. The Labute approximate surface area is 163 Å². The SMILES string of the molecule is COCC(CCCCCCCCCCCCC(COC)C1CC1)C1CC1. The zero-order valence-electron chi connectivity index (χ0n) is 17.9. The molecule has 0 heterocycles. The second kappa shape index (κ2) is 14.0. The molecule has 154 valence electrons. The lowest BCUT2D eigenvalue weighted by atomic mass is 9.96. The van der Waals surface area contributed by atoms with Crippen LogP contribution in [0.15, 0.2) is 0 Å². The highest BCUT2D eigenvalue weighted by atomic mass is 16.5. The van der Waals surface area contributed by atoms with Crippen LogP contribution in [-0.4, -0.2) is 27.4 Å². The van der Waals surface area contributed by atoms with E-state index < -0.39 is 0 Å². The van der Waals surface area contributed by atoms with Crippen molar-refractivity contribution >= 4 is 0 Å². The summed E-state index contributed by atoms with van der Waals surface area (Å²) in [5, 5.41) is 0. The van der Waals surface area contributed by atoms with Gasteiger partial charge in [0.2, 0.25) is 0 Å². The quantitative estimate of drug-likeness (QED) is 0.229. The summed E-state index contributed by atoms with van der Waals surface area (Å²) in [5.74, 6) is 3.74. The molecule has 26 heavy (non-hydrogen) atoms. The van der Waals surface area contributed by atoms with Crippen LogP contribution in [0.1, 0.15) is 103 Å². The van der Waals surface area contributed by atoms with E-state index >= 15 is 0 Å². The van der Waals surface area contributed by atoms with Gasteiger partial charge in [0, 0.05) is 27.4 Å². The molecule has 2 unspecified atom stereocenters. The Morgan fingerprint density at radius 3 is 1.12 bits per heavy atom. The Kier molecular flexibility index (Phi) is 12.0. The molecule has 0 bridgehead atoms. The van der Waals surface area contributed by atoms with Gasteiger partial charge >= 0.3 is 0 Å². The molecule has 0 radical (unpaired) electrons. The van der Waals surface area contributed by atoms with E-state index in [9.17, 15) is 0 Å². The largest absolute Gasteiger partial charge is 0.384 e. The second-order valence-corrected chi connectivity index (χ2v) is 9.22. The molecule has 0 aromatic heterocycles. The Balaban J connectivity index is 1.29. The van der Waals surface area contributed by atoms with E-state index in [0.29, 0.717) is 0 Å². The second-order valence-electron chi connectivity index (χ2n) is 9.22. The van der Waals surface area contributed by atoms with Crippen molar-refractivity contribution in [3.8, 4) is 0 Å². The maximum atomic E-state index is 5.39. The van der Waals surface area contributed by atoms with Crippen molar-refractivity contribution in [2.24, 2.45) is 23.7 Å². The summed E-state index contributed by atoms with van der Waals surface area (Å²) in [6.07, 6.45) is 23.1. The fraction of sp³-hybridized carbons (Fsp3) is 1.00. The van der Waals surface area contributed by atoms with Gasteiger partial charge in [-0.05, 0) is 62.2 Å². The summed E-state index contributed by atoms with van der Waals surface area (Å²) in [6.45, 7) is 2.00. The molecule has 0 aromatic carbocycles. The van der Waals surface area contributed by atoms with Crippen molar-refractivity contribution in [3.05, 3.63) is 0 Å². The smallest absolute Gasteiger partial charge is 0.0493 e. The van der Waals surface area contributed by atoms with Crippen LogP contribution in [0.25, 0.3) is 0 Å². The monoisotopic (exact) mass is 366 g/mol. The lowest BCUT2D eigenvalue weighted by Crippen LogP contribution is -2.10. The Bertz CT molecular complexity index is 290. The standard InChI is InChI=1S/C24H46O2/c1-25-19-23(21-15-16-21)13-11-9-7-5-3-4-6-8-10-12-14-24(20-26-2)22-17-18-22/h21-24H,3-20H2,1-2H3. The molecule has 2 nitrogen and oxygen atoms in total. The van der Waals surface area contributed by atoms with Crippen LogP contribution in [0.4, 0.5) is 0 Å². The fourth-order valence-electron chi connectivity index (χ4n) is 4.70. The predicted octanol–water partition coefficient (Wildman–Crippen LogP) is 7.01. The van der Waals surface area contributed by atoms with Gasteiger partial charge in [0.05, 0.1) is 0 Å². The topological polar surface area (TPSA) is 18.5 Å². The molecule has 0 spiro atoms. The van der Waals surface area contributed by atoms with Crippen molar-refractivity contribution in [3.63, 3.8) is 0 Å². The summed E-state index contributed by atoms with van der Waals surface area (Å²) >= 11 is 0. The highest BCUT2D eigenvalue weighted by Crippen LogP contribution is 2.40. The van der Waals surface area contributed by atoms with E-state index in [1.165, 1.54) is 103 Å². The molecule has 2 heteroatoms. The van der Waals surface area contributed by atoms with Crippen molar-refractivity contribution in [2.45, 2.75) is 103 Å². The van der Waals surface area contributed by atoms with E-state index in [-0.39, 0.29) is 0 Å². The molecule has 0 amide bonds. The minimum absolute atomic E-state index is 0.864. The Morgan fingerprint density at radius 1 is 0.538 bits per heavy atom. The number of hydrogen-bond acceptors (Lipinski definition) is 2. The van der Waals surface area contributed by atoms with E-state index in [0.717, 1.165) is 36.9 Å². The van der Waals surface area contributed by atoms with E-state index in [4.69, 9.17) is 9.47 Å². The summed E-state index contributed by atoms with van der Waals surface area (Å²) in [5.41, 5.74) is 0. The normalized spacial score (nSPS) is 19.6. The van der Waals surface area contributed by atoms with E-state index in [2.05, 4.69) is 0 Å². The number of rotatable bonds is 19. The van der Waals surface area contributed by atoms with Gasteiger partial charge in [-0.1, -0.05) is 64.2 Å². The first-order valence-corrected chi connectivity index (χ1v) is 11.8. The first kappa shape index (κ1) is 22.2. The van der Waals surface area contributed by atoms with E-state index in [1.54, 1.807) is 0 Å². The highest BCUT2D eigenvalue weighted by Gasteiger charge is 2.31. The van der Waals surface area contributed by atoms with Crippen LogP contribution in [-0.2, 0) is 9.47 Å². The van der Waals surface area contributed by atoms with Gasteiger partial charge in [-0.15, -0.1) is 0 Å². The first-order valence-electron chi connectivity index (χ1n) is 11.8. The molecule has 0 saturated heterocycles. The molecule has 2 rings (SSSR count). The molecule has 0 aromatic rings. The minimum Gasteiger partial charge on any atom is -0.384 e. The summed E-state index contributed by atoms with van der Waals surface area (Å²) in [7, 11) is 3.72. The molecular formula is C24H46O2.